The predicted octanol–water partition coefficient (Wildman–Crippen LogP) is 4.29. The average Bonchev–Trinajstić information content (AvgIpc) is 3.08. The smallest absolute Gasteiger partial charge is 0.337 e. The highest BCUT2D eigenvalue weighted by atomic mass is 16.5. The van der Waals surface area contributed by atoms with Gasteiger partial charge >= 0.3 is 5.97 Å². The third-order valence-corrected chi connectivity index (χ3v) is 4.88. The lowest BCUT2D eigenvalue weighted by Gasteiger charge is -2.30. The second-order valence-electron chi connectivity index (χ2n) is 6.77. The SMILES string of the molecule is CCCOc1cccc([C@H]2C(C(=O)OC)=C(C)Nc3nc4ccccc4n32)c1. The zero-order valence-electron chi connectivity index (χ0n) is 16.2. The molecule has 0 fully saturated rings. The second-order valence-corrected chi connectivity index (χ2v) is 6.77. The largest absolute Gasteiger partial charge is 0.494 e. The summed E-state index contributed by atoms with van der Waals surface area (Å²) < 4.78 is 13.0. The van der Waals surface area contributed by atoms with E-state index in [-0.39, 0.29) is 12.0 Å². The number of rotatable bonds is 5. The first-order valence-corrected chi connectivity index (χ1v) is 9.40. The summed E-state index contributed by atoms with van der Waals surface area (Å²) in [7, 11) is 1.40. The van der Waals surface area contributed by atoms with Gasteiger partial charge in [-0.3, -0.25) is 4.57 Å². The number of esters is 1. The molecular weight excluding hydrogens is 354 g/mol. The Morgan fingerprint density at radius 2 is 2.04 bits per heavy atom. The molecule has 2 aromatic carbocycles. The maximum Gasteiger partial charge on any atom is 0.337 e. The maximum absolute atomic E-state index is 12.7. The van der Waals surface area contributed by atoms with E-state index in [9.17, 15) is 4.79 Å². The fourth-order valence-electron chi connectivity index (χ4n) is 3.65. The molecule has 0 bridgehead atoms. The molecule has 144 valence electrons. The van der Waals surface area contributed by atoms with Gasteiger partial charge in [-0.1, -0.05) is 31.2 Å². The molecule has 1 aliphatic rings. The van der Waals surface area contributed by atoms with E-state index in [1.54, 1.807) is 0 Å². The van der Waals surface area contributed by atoms with Gasteiger partial charge < -0.3 is 14.8 Å². The van der Waals surface area contributed by atoms with Crippen molar-refractivity contribution < 1.29 is 14.3 Å². The topological polar surface area (TPSA) is 65.4 Å². The van der Waals surface area contributed by atoms with Crippen LogP contribution in [0.4, 0.5) is 5.95 Å². The summed E-state index contributed by atoms with van der Waals surface area (Å²) in [6.45, 7) is 4.59. The molecule has 0 amide bonds. The van der Waals surface area contributed by atoms with E-state index in [4.69, 9.17) is 14.5 Å². The number of nitrogens with zero attached hydrogens (tertiary/aromatic N) is 2. The number of para-hydroxylation sites is 2. The molecule has 0 spiro atoms. The van der Waals surface area contributed by atoms with Gasteiger partial charge in [-0.2, -0.15) is 0 Å². The van der Waals surface area contributed by atoms with Gasteiger partial charge in [0.15, 0.2) is 0 Å². The molecule has 0 saturated heterocycles. The first kappa shape index (κ1) is 18.1. The summed E-state index contributed by atoms with van der Waals surface area (Å²) in [6, 6.07) is 15.4. The van der Waals surface area contributed by atoms with Crippen molar-refractivity contribution in [1.82, 2.24) is 9.55 Å². The molecule has 1 aliphatic heterocycles. The number of fused-ring (bicyclic) bond motifs is 3. The normalized spacial score (nSPS) is 15.9. The lowest BCUT2D eigenvalue weighted by atomic mass is 9.95. The zero-order chi connectivity index (χ0) is 19.7. The Morgan fingerprint density at radius 1 is 1.21 bits per heavy atom. The number of allylic oxidation sites excluding steroid dienone is 1. The van der Waals surface area contributed by atoms with Gasteiger partial charge in [-0.15, -0.1) is 0 Å². The van der Waals surface area contributed by atoms with Crippen molar-refractivity contribution in [2.75, 3.05) is 19.0 Å². The molecule has 1 aromatic heterocycles. The fraction of sp³-hybridized carbons (Fsp3) is 0.273. The Bertz CT molecular complexity index is 1070. The van der Waals surface area contributed by atoms with Crippen molar-refractivity contribution in [3.63, 3.8) is 0 Å². The summed E-state index contributed by atoms with van der Waals surface area (Å²) in [6.07, 6.45) is 0.931. The molecule has 1 N–H and O–H groups in total. The van der Waals surface area contributed by atoms with E-state index in [1.807, 2.05) is 60.0 Å². The van der Waals surface area contributed by atoms with Gasteiger partial charge in [0.05, 0.1) is 36.4 Å². The first-order valence-electron chi connectivity index (χ1n) is 9.40. The van der Waals surface area contributed by atoms with Crippen LogP contribution in [0.3, 0.4) is 0 Å². The fourth-order valence-corrected chi connectivity index (χ4v) is 3.65. The van der Waals surface area contributed by atoms with E-state index in [0.717, 1.165) is 34.5 Å². The van der Waals surface area contributed by atoms with Crippen LogP contribution in [0.5, 0.6) is 5.75 Å². The van der Waals surface area contributed by atoms with Gasteiger partial charge in [0.25, 0.3) is 0 Å². The Hall–Kier alpha value is -3.28. The number of carbonyl (C=O) groups excluding carboxylic acids is 1. The summed E-state index contributed by atoms with van der Waals surface area (Å²) in [4.78, 5) is 17.4. The van der Waals surface area contributed by atoms with Crippen molar-refractivity contribution in [1.29, 1.82) is 0 Å². The Morgan fingerprint density at radius 3 is 2.82 bits per heavy atom. The lowest BCUT2D eigenvalue weighted by molar-refractivity contribution is -0.136. The van der Waals surface area contributed by atoms with Crippen molar-refractivity contribution in [3.05, 3.63) is 65.4 Å². The van der Waals surface area contributed by atoms with Gasteiger partial charge in [0.2, 0.25) is 5.95 Å². The molecule has 28 heavy (non-hydrogen) atoms. The standard InChI is InChI=1S/C22H23N3O3/c1-4-12-28-16-9-7-8-15(13-16)20-19(21(26)27-3)14(2)23-22-24-17-10-5-6-11-18(17)25(20)22/h5-11,13,20H,4,12H2,1-3H3,(H,23,24)/t20-/m0/s1. The van der Waals surface area contributed by atoms with Gasteiger partial charge in [-0.25, -0.2) is 9.78 Å². The number of methoxy groups -OCH3 is 1. The molecule has 2 heterocycles. The zero-order valence-corrected chi connectivity index (χ0v) is 16.2. The molecule has 3 aromatic rings. The molecular formula is C22H23N3O3. The minimum Gasteiger partial charge on any atom is -0.494 e. The highest BCUT2D eigenvalue weighted by Gasteiger charge is 2.34. The van der Waals surface area contributed by atoms with E-state index in [0.29, 0.717) is 18.1 Å². The molecule has 0 unspecified atom stereocenters. The molecule has 0 saturated carbocycles. The van der Waals surface area contributed by atoms with Crippen LogP contribution >= 0.6 is 0 Å². The van der Waals surface area contributed by atoms with Gasteiger partial charge in [0, 0.05) is 5.70 Å². The first-order chi connectivity index (χ1) is 13.6. The number of aromatic nitrogens is 2. The average molecular weight is 377 g/mol. The minimum atomic E-state index is -0.363. The van der Waals surface area contributed by atoms with Crippen LogP contribution in [-0.4, -0.2) is 29.2 Å². The number of anilines is 1. The van der Waals surface area contributed by atoms with Crippen LogP contribution in [0.2, 0.25) is 0 Å². The highest BCUT2D eigenvalue weighted by Crippen LogP contribution is 2.40. The van der Waals surface area contributed by atoms with Crippen LogP contribution in [0.15, 0.2) is 59.8 Å². The number of hydrogen-bond acceptors (Lipinski definition) is 5. The monoisotopic (exact) mass is 377 g/mol. The van der Waals surface area contributed by atoms with Gasteiger partial charge in [0.1, 0.15) is 5.75 Å². The summed E-state index contributed by atoms with van der Waals surface area (Å²) in [5.41, 5.74) is 4.06. The molecule has 0 aliphatic carbocycles. The highest BCUT2D eigenvalue weighted by molar-refractivity contribution is 5.94. The molecule has 6 nitrogen and oxygen atoms in total. The van der Waals surface area contributed by atoms with Crippen LogP contribution in [0, 0.1) is 0 Å². The predicted molar refractivity (Wildman–Crippen MR) is 108 cm³/mol. The van der Waals surface area contributed by atoms with E-state index in [2.05, 4.69) is 12.2 Å². The third kappa shape index (κ3) is 3.01. The van der Waals surface area contributed by atoms with Crippen LogP contribution < -0.4 is 10.1 Å². The Balaban J connectivity index is 1.92. The Labute approximate surface area is 163 Å². The molecule has 6 heteroatoms. The number of carbonyl (C=O) groups is 1. The maximum atomic E-state index is 12.7. The van der Waals surface area contributed by atoms with Crippen LogP contribution in [-0.2, 0) is 9.53 Å². The number of hydrogen-bond donors (Lipinski definition) is 1. The minimum absolute atomic E-state index is 0.360. The van der Waals surface area contributed by atoms with E-state index in [1.165, 1.54) is 7.11 Å². The number of benzene rings is 2. The third-order valence-electron chi connectivity index (χ3n) is 4.88. The molecule has 4 rings (SSSR count). The summed E-state index contributed by atoms with van der Waals surface area (Å²) >= 11 is 0. The lowest BCUT2D eigenvalue weighted by Crippen LogP contribution is -2.28. The second kappa shape index (κ2) is 7.38. The summed E-state index contributed by atoms with van der Waals surface area (Å²) in [5.74, 6) is 1.13. The summed E-state index contributed by atoms with van der Waals surface area (Å²) in [5, 5.41) is 3.26. The van der Waals surface area contributed by atoms with E-state index >= 15 is 0 Å². The number of ether oxygens (including phenoxy) is 2. The van der Waals surface area contributed by atoms with Gasteiger partial charge in [-0.05, 0) is 43.2 Å². The quantitative estimate of drug-likeness (QED) is 0.672. The van der Waals surface area contributed by atoms with Crippen molar-refractivity contribution in [3.8, 4) is 5.75 Å². The van der Waals surface area contributed by atoms with Crippen molar-refractivity contribution >= 4 is 23.0 Å². The van der Waals surface area contributed by atoms with E-state index < -0.39 is 0 Å². The van der Waals surface area contributed by atoms with Crippen LogP contribution in [0.1, 0.15) is 31.9 Å². The number of imidazole rings is 1. The molecule has 0 radical (unpaired) electrons. The molecule has 1 atom stereocenters. The van der Waals surface area contributed by atoms with Crippen LogP contribution in [0.25, 0.3) is 11.0 Å². The van der Waals surface area contributed by atoms with Crippen molar-refractivity contribution in [2.24, 2.45) is 0 Å². The Kier molecular flexibility index (Phi) is 4.77. The van der Waals surface area contributed by atoms with Crippen molar-refractivity contribution in [2.45, 2.75) is 26.3 Å². The number of nitrogens with one attached hydrogen (secondary N) is 1.